The van der Waals surface area contributed by atoms with Crippen molar-refractivity contribution in [3.63, 3.8) is 0 Å². The van der Waals surface area contributed by atoms with E-state index in [9.17, 15) is 17.9 Å². The van der Waals surface area contributed by atoms with Crippen LogP contribution in [0.2, 0.25) is 0 Å². The smallest absolute Gasteiger partial charge is 0.245 e. The number of aliphatic hydroxyl groups is 1. The summed E-state index contributed by atoms with van der Waals surface area (Å²) in [4.78, 5) is -0.273. The minimum absolute atomic E-state index is 0.118. The number of hydrogen-bond donors (Lipinski definition) is 1. The van der Waals surface area contributed by atoms with Gasteiger partial charge >= 0.3 is 0 Å². The van der Waals surface area contributed by atoms with E-state index >= 15 is 0 Å². The van der Waals surface area contributed by atoms with Gasteiger partial charge in [-0.05, 0) is 37.8 Å². The lowest BCUT2D eigenvalue weighted by molar-refractivity contribution is 0.0911. The van der Waals surface area contributed by atoms with Crippen LogP contribution >= 0.6 is 0 Å². The fourth-order valence-corrected chi connectivity index (χ4v) is 3.93. The number of piperidine rings is 1. The van der Waals surface area contributed by atoms with Crippen LogP contribution in [0.4, 0.5) is 4.39 Å². The lowest BCUT2D eigenvalue weighted by Gasteiger charge is -2.32. The van der Waals surface area contributed by atoms with Gasteiger partial charge in [-0.25, -0.2) is 12.8 Å². The topological polar surface area (TPSA) is 57.6 Å². The zero-order valence-corrected chi connectivity index (χ0v) is 11.6. The van der Waals surface area contributed by atoms with Crippen LogP contribution in [0.15, 0.2) is 29.2 Å². The fourth-order valence-electron chi connectivity index (χ4n) is 2.39. The Balaban J connectivity index is 2.17. The fraction of sp³-hybridized carbons (Fsp3) is 0.538. The van der Waals surface area contributed by atoms with Gasteiger partial charge in [0.1, 0.15) is 10.7 Å². The monoisotopic (exact) mass is 287 g/mol. The van der Waals surface area contributed by atoms with Crippen molar-refractivity contribution in [2.24, 2.45) is 5.92 Å². The molecule has 0 radical (unpaired) electrons. The third kappa shape index (κ3) is 2.96. The van der Waals surface area contributed by atoms with Crippen molar-refractivity contribution in [2.45, 2.75) is 30.8 Å². The maximum Gasteiger partial charge on any atom is 0.245 e. The van der Waals surface area contributed by atoms with E-state index in [1.54, 1.807) is 6.92 Å². The van der Waals surface area contributed by atoms with Gasteiger partial charge in [-0.1, -0.05) is 12.1 Å². The van der Waals surface area contributed by atoms with Gasteiger partial charge in [0, 0.05) is 13.1 Å². The summed E-state index contributed by atoms with van der Waals surface area (Å²) in [7, 11) is -3.77. The van der Waals surface area contributed by atoms with E-state index in [1.165, 1.54) is 22.5 Å². The molecule has 0 saturated carbocycles. The molecule has 1 fully saturated rings. The van der Waals surface area contributed by atoms with Crippen LogP contribution in [-0.2, 0) is 10.0 Å². The zero-order chi connectivity index (χ0) is 14.0. The van der Waals surface area contributed by atoms with E-state index in [2.05, 4.69) is 0 Å². The van der Waals surface area contributed by atoms with Crippen molar-refractivity contribution in [2.75, 3.05) is 13.1 Å². The Morgan fingerprint density at radius 3 is 2.42 bits per heavy atom. The molecule has 1 atom stereocenters. The Labute approximate surface area is 112 Å². The molecule has 4 nitrogen and oxygen atoms in total. The largest absolute Gasteiger partial charge is 0.393 e. The third-order valence-electron chi connectivity index (χ3n) is 3.64. The summed E-state index contributed by atoms with van der Waals surface area (Å²) >= 11 is 0. The summed E-state index contributed by atoms with van der Waals surface area (Å²) in [5.74, 6) is -0.604. The second-order valence-corrected chi connectivity index (χ2v) is 6.82. The molecule has 0 aromatic heterocycles. The van der Waals surface area contributed by atoms with E-state index in [-0.39, 0.29) is 10.8 Å². The van der Waals surface area contributed by atoms with Crippen LogP contribution < -0.4 is 0 Å². The standard InChI is InChI=1S/C13H18FNO3S/c1-10(16)11-6-8-15(9-7-11)19(17,18)13-5-3-2-4-12(13)14/h2-5,10-11,16H,6-9H2,1H3. The van der Waals surface area contributed by atoms with Gasteiger partial charge in [0.05, 0.1) is 6.10 Å². The van der Waals surface area contributed by atoms with E-state index in [1.807, 2.05) is 0 Å². The van der Waals surface area contributed by atoms with Crippen LogP contribution in [0, 0.1) is 11.7 Å². The highest BCUT2D eigenvalue weighted by Gasteiger charge is 2.32. The summed E-state index contributed by atoms with van der Waals surface area (Å²) in [6.45, 7) is 2.37. The van der Waals surface area contributed by atoms with Gasteiger partial charge in [0.2, 0.25) is 10.0 Å². The number of benzene rings is 1. The molecular formula is C13H18FNO3S. The first-order chi connectivity index (χ1) is 8.93. The summed E-state index contributed by atoms with van der Waals surface area (Å²) < 4.78 is 39.5. The lowest BCUT2D eigenvalue weighted by Crippen LogP contribution is -2.40. The lowest BCUT2D eigenvalue weighted by atomic mass is 9.93. The van der Waals surface area contributed by atoms with Gasteiger partial charge in [-0.15, -0.1) is 0 Å². The molecule has 106 valence electrons. The number of aliphatic hydroxyl groups excluding tert-OH is 1. The summed E-state index contributed by atoms with van der Waals surface area (Å²) in [6, 6.07) is 5.41. The molecule has 2 rings (SSSR count). The molecule has 1 N–H and O–H groups in total. The second-order valence-electron chi connectivity index (χ2n) is 4.91. The highest BCUT2D eigenvalue weighted by molar-refractivity contribution is 7.89. The Bertz CT molecular complexity index is 537. The molecule has 1 saturated heterocycles. The van der Waals surface area contributed by atoms with Crippen LogP contribution in [-0.4, -0.2) is 37.0 Å². The SMILES string of the molecule is CC(O)C1CCN(S(=O)(=O)c2ccccc2F)CC1. The predicted octanol–water partition coefficient (Wildman–Crippen LogP) is 1.61. The second kappa shape index (κ2) is 5.56. The number of rotatable bonds is 3. The minimum atomic E-state index is -3.77. The molecule has 1 aliphatic heterocycles. The van der Waals surface area contributed by atoms with Gasteiger partial charge in [-0.3, -0.25) is 0 Å². The van der Waals surface area contributed by atoms with Gasteiger partial charge in [0.15, 0.2) is 0 Å². The maximum absolute atomic E-state index is 13.6. The molecule has 0 amide bonds. The first-order valence-electron chi connectivity index (χ1n) is 6.35. The number of sulfonamides is 1. The minimum Gasteiger partial charge on any atom is -0.393 e. The molecule has 0 aliphatic carbocycles. The van der Waals surface area contributed by atoms with Crippen molar-refractivity contribution in [3.05, 3.63) is 30.1 Å². The Morgan fingerprint density at radius 2 is 1.89 bits per heavy atom. The average Bonchev–Trinajstić information content (AvgIpc) is 2.39. The Kier molecular flexibility index (Phi) is 4.23. The van der Waals surface area contributed by atoms with Crippen LogP contribution in [0.5, 0.6) is 0 Å². The molecule has 1 aromatic carbocycles. The highest BCUT2D eigenvalue weighted by Crippen LogP contribution is 2.26. The van der Waals surface area contributed by atoms with Gasteiger partial charge in [0.25, 0.3) is 0 Å². The first kappa shape index (κ1) is 14.4. The number of nitrogens with zero attached hydrogens (tertiary/aromatic N) is 1. The van der Waals surface area contributed by atoms with E-state index < -0.39 is 21.9 Å². The van der Waals surface area contributed by atoms with E-state index in [0.717, 1.165) is 6.07 Å². The normalized spacial score (nSPS) is 20.4. The molecule has 1 aliphatic rings. The van der Waals surface area contributed by atoms with Crippen LogP contribution in [0.3, 0.4) is 0 Å². The van der Waals surface area contributed by atoms with Crippen molar-refractivity contribution in [3.8, 4) is 0 Å². The van der Waals surface area contributed by atoms with Crippen molar-refractivity contribution < 1.29 is 17.9 Å². The molecule has 19 heavy (non-hydrogen) atoms. The number of halogens is 1. The average molecular weight is 287 g/mol. The Hall–Kier alpha value is -0.980. The quantitative estimate of drug-likeness (QED) is 0.919. The summed E-state index contributed by atoms with van der Waals surface area (Å²) in [5, 5.41) is 9.50. The predicted molar refractivity (Wildman–Crippen MR) is 69.6 cm³/mol. The number of hydrogen-bond acceptors (Lipinski definition) is 3. The molecule has 0 spiro atoms. The van der Waals surface area contributed by atoms with Crippen molar-refractivity contribution in [1.29, 1.82) is 0 Å². The molecule has 0 bridgehead atoms. The summed E-state index contributed by atoms with van der Waals surface area (Å²) in [6.07, 6.45) is 0.773. The molecular weight excluding hydrogens is 269 g/mol. The molecule has 6 heteroatoms. The molecule has 1 unspecified atom stereocenters. The Morgan fingerprint density at radius 1 is 1.32 bits per heavy atom. The molecule has 1 aromatic rings. The van der Waals surface area contributed by atoms with Crippen molar-refractivity contribution in [1.82, 2.24) is 4.31 Å². The maximum atomic E-state index is 13.6. The van der Waals surface area contributed by atoms with E-state index in [0.29, 0.717) is 25.9 Å². The zero-order valence-electron chi connectivity index (χ0n) is 10.8. The third-order valence-corrected chi connectivity index (χ3v) is 5.57. The summed E-state index contributed by atoms with van der Waals surface area (Å²) in [5.41, 5.74) is 0. The first-order valence-corrected chi connectivity index (χ1v) is 7.79. The van der Waals surface area contributed by atoms with Crippen molar-refractivity contribution >= 4 is 10.0 Å². The highest BCUT2D eigenvalue weighted by atomic mass is 32.2. The van der Waals surface area contributed by atoms with E-state index in [4.69, 9.17) is 0 Å². The van der Waals surface area contributed by atoms with Crippen LogP contribution in [0.25, 0.3) is 0 Å². The van der Waals surface area contributed by atoms with Crippen LogP contribution in [0.1, 0.15) is 19.8 Å². The van der Waals surface area contributed by atoms with Gasteiger partial charge < -0.3 is 5.11 Å². The van der Waals surface area contributed by atoms with Gasteiger partial charge in [-0.2, -0.15) is 4.31 Å². The molecule has 1 heterocycles.